The van der Waals surface area contributed by atoms with Gasteiger partial charge in [-0.25, -0.2) is 4.99 Å². The maximum absolute atomic E-state index is 11.0. The number of benzene rings is 4. The number of hydrogen-bond donors (Lipinski definition) is 1. The van der Waals surface area contributed by atoms with Gasteiger partial charge in [-0.15, -0.1) is 0 Å². The summed E-state index contributed by atoms with van der Waals surface area (Å²) in [6.45, 7) is 11.0. The molecule has 0 unspecified atom stereocenters. The van der Waals surface area contributed by atoms with E-state index in [2.05, 4.69) is 99.4 Å². The number of aliphatic imine (C=N–C) groups is 1. The first-order chi connectivity index (χ1) is 21.9. The molecule has 1 N–H and O–H groups in total. The molecular weight excluding hydrogens is 631 g/mol. The third-order valence-electron chi connectivity index (χ3n) is 7.93. The summed E-state index contributed by atoms with van der Waals surface area (Å²) in [5.41, 5.74) is 2.98. The number of rotatable bonds is 8. The van der Waals surface area contributed by atoms with Gasteiger partial charge in [0.2, 0.25) is 0 Å². The maximum Gasteiger partial charge on any atom is 2.00 e. The molecule has 1 aliphatic heterocycles. The minimum absolute atomic E-state index is 0. The number of phenols is 1. The average molecular weight is 671 g/mol. The van der Waals surface area contributed by atoms with Crippen molar-refractivity contribution in [3.8, 4) is 22.6 Å². The molecule has 2 fully saturated rings. The Bertz CT molecular complexity index is 1640. The zero-order chi connectivity index (χ0) is 31.4. The first-order valence-electron chi connectivity index (χ1n) is 15.5. The van der Waals surface area contributed by atoms with Crippen LogP contribution in [0.1, 0.15) is 27.7 Å². The molecule has 7 heteroatoms. The number of ether oxygens (including phenoxy) is 1. The van der Waals surface area contributed by atoms with Crippen LogP contribution in [0.2, 0.25) is 0 Å². The second-order valence-corrected chi connectivity index (χ2v) is 13.5. The van der Waals surface area contributed by atoms with Crippen LogP contribution in [0.5, 0.6) is 11.5 Å². The average Bonchev–Trinajstić information content (AvgIpc) is 3.84. The van der Waals surface area contributed by atoms with E-state index < -0.39 is 8.30 Å². The van der Waals surface area contributed by atoms with Crippen LogP contribution in [0.15, 0.2) is 77.8 Å². The van der Waals surface area contributed by atoms with E-state index in [1.165, 1.54) is 5.66 Å². The van der Waals surface area contributed by atoms with Gasteiger partial charge in [-0.3, -0.25) is 4.67 Å². The summed E-state index contributed by atoms with van der Waals surface area (Å²) < 4.78 is 14.6. The van der Waals surface area contributed by atoms with Gasteiger partial charge in [-0.05, 0) is 111 Å². The van der Waals surface area contributed by atoms with Crippen LogP contribution in [0.4, 0.5) is 0 Å². The summed E-state index contributed by atoms with van der Waals surface area (Å²) >= 11 is 0. The van der Waals surface area contributed by atoms with Crippen molar-refractivity contribution in [2.24, 2.45) is 4.99 Å². The summed E-state index contributed by atoms with van der Waals surface area (Å²) in [6, 6.07) is 24.4. The van der Waals surface area contributed by atoms with Gasteiger partial charge in [0.15, 0.2) is 14.2 Å². The van der Waals surface area contributed by atoms with Crippen LogP contribution < -0.4 is 4.52 Å². The number of aromatic hydroxyl groups is 1. The molecule has 0 spiro atoms. The molecule has 3 aliphatic rings. The van der Waals surface area contributed by atoms with Crippen molar-refractivity contribution in [3.63, 3.8) is 0 Å². The molecule has 234 valence electrons. The summed E-state index contributed by atoms with van der Waals surface area (Å²) in [4.78, 5) is 4.46. The quantitative estimate of drug-likeness (QED) is 0.150. The molecule has 0 bridgehead atoms. The molecule has 0 amide bonds. The Balaban J connectivity index is 0.000000269. The molecule has 4 aromatic carbocycles. The van der Waals surface area contributed by atoms with Gasteiger partial charge in [0.25, 0.3) is 0 Å². The largest absolute Gasteiger partial charge is 2.00 e. The van der Waals surface area contributed by atoms with E-state index in [-0.39, 0.29) is 28.4 Å². The van der Waals surface area contributed by atoms with Crippen molar-refractivity contribution in [2.75, 3.05) is 19.7 Å². The molecule has 1 atom stereocenters. The molecule has 10 radical (unpaired) electrons. The van der Waals surface area contributed by atoms with E-state index >= 15 is 0 Å². The van der Waals surface area contributed by atoms with Crippen molar-refractivity contribution in [3.05, 3.63) is 136 Å². The van der Waals surface area contributed by atoms with Crippen molar-refractivity contribution in [2.45, 2.75) is 33.2 Å². The van der Waals surface area contributed by atoms with E-state index in [0.29, 0.717) is 6.61 Å². The number of phenolic OH excluding ortho intramolecular Hbond substituents is 1. The first kappa shape index (κ1) is 34.7. The molecule has 2 aliphatic carbocycles. The van der Waals surface area contributed by atoms with Gasteiger partial charge in [0.1, 0.15) is 18.1 Å². The molecule has 46 heavy (non-hydrogen) atoms. The van der Waals surface area contributed by atoms with Crippen molar-refractivity contribution >= 4 is 35.7 Å². The zero-order valence-electron chi connectivity index (χ0n) is 26.6. The van der Waals surface area contributed by atoms with E-state index in [4.69, 9.17) is 9.26 Å². The SMILES string of the molecule is CC1(C)COC([C]2[CH][CH][CH][CH]2)=N1.CCN(CC)[P@@](Oc1cc(-c2c(O)ccc3ccccc23)c2ccccc2c1)[C]1[CH][CH][CH][CH]1.[Fe+2]. The number of hydrogen-bond acceptors (Lipinski definition) is 5. The smallest absolute Gasteiger partial charge is 0.507 e. The Labute approximate surface area is 287 Å². The monoisotopic (exact) mass is 670 g/mol. The van der Waals surface area contributed by atoms with Crippen LogP contribution in [0, 0.1) is 62.9 Å². The fourth-order valence-electron chi connectivity index (χ4n) is 5.68. The normalized spacial score (nSPS) is 18.6. The Morgan fingerprint density at radius 1 is 0.826 bits per heavy atom. The zero-order valence-corrected chi connectivity index (χ0v) is 28.6. The van der Waals surface area contributed by atoms with Crippen LogP contribution in [0.25, 0.3) is 32.7 Å². The van der Waals surface area contributed by atoms with E-state index in [1.54, 1.807) is 6.07 Å². The van der Waals surface area contributed by atoms with Gasteiger partial charge in [0, 0.05) is 18.7 Å². The third-order valence-corrected chi connectivity index (χ3v) is 10.1. The summed E-state index contributed by atoms with van der Waals surface area (Å²) in [5, 5.41) is 15.3. The fourth-order valence-corrected chi connectivity index (χ4v) is 7.47. The molecule has 7 rings (SSSR count). The Morgan fingerprint density at radius 3 is 2.11 bits per heavy atom. The fraction of sp³-hybridized carbons (Fsp3) is 0.205. The van der Waals surface area contributed by atoms with Gasteiger partial charge in [-0.2, -0.15) is 0 Å². The molecule has 4 aromatic rings. The van der Waals surface area contributed by atoms with Gasteiger partial charge >= 0.3 is 17.1 Å². The Kier molecular flexibility index (Phi) is 11.7. The molecule has 0 saturated heterocycles. The van der Waals surface area contributed by atoms with Crippen molar-refractivity contribution in [1.82, 2.24) is 4.67 Å². The Morgan fingerprint density at radius 2 is 1.46 bits per heavy atom. The molecule has 0 aromatic heterocycles. The Hall–Kier alpha value is -2.62. The molecular formula is C39H39FeN2O3P+2. The van der Waals surface area contributed by atoms with Crippen LogP contribution in [0.3, 0.4) is 0 Å². The summed E-state index contributed by atoms with van der Waals surface area (Å²) in [5.74, 6) is 2.96. The minimum atomic E-state index is -0.967. The molecule has 2 saturated carbocycles. The second kappa shape index (κ2) is 15.5. The van der Waals surface area contributed by atoms with Crippen LogP contribution in [-0.2, 0) is 21.8 Å². The number of fused-ring (bicyclic) bond motifs is 2. The molecule has 1 heterocycles. The minimum Gasteiger partial charge on any atom is -0.507 e. The first-order valence-corrected chi connectivity index (χ1v) is 16.7. The van der Waals surface area contributed by atoms with Crippen LogP contribution >= 0.6 is 8.30 Å². The maximum atomic E-state index is 11.0. The predicted octanol–water partition coefficient (Wildman–Crippen LogP) is 9.36. The molecule has 5 nitrogen and oxygen atoms in total. The van der Waals surface area contributed by atoms with Crippen LogP contribution in [-0.4, -0.2) is 40.9 Å². The van der Waals surface area contributed by atoms with Gasteiger partial charge < -0.3 is 14.4 Å². The van der Waals surface area contributed by atoms with E-state index in [0.717, 1.165) is 63.3 Å². The summed E-state index contributed by atoms with van der Waals surface area (Å²) in [7, 11) is -0.967. The predicted molar refractivity (Wildman–Crippen MR) is 187 cm³/mol. The number of nitrogens with zero attached hydrogens (tertiary/aromatic N) is 2. The van der Waals surface area contributed by atoms with Crippen molar-refractivity contribution in [1.29, 1.82) is 0 Å². The second-order valence-electron chi connectivity index (χ2n) is 11.7. The van der Waals surface area contributed by atoms with E-state index in [9.17, 15) is 5.11 Å². The topological polar surface area (TPSA) is 54.3 Å². The summed E-state index contributed by atoms with van der Waals surface area (Å²) in [6.07, 6.45) is 16.4. The van der Waals surface area contributed by atoms with Crippen molar-refractivity contribution < 1.29 is 31.4 Å². The standard InChI is InChI=1S/C29H27NO2P.C10H12NO.Fe/c1-3-30(4-2)33(24-13-7-8-14-24)32-23-19-22-12-6-9-15-25(22)27(20-23)29-26-16-10-5-11-21(26)17-18-28(29)31;1-10(2)7-12-9(11-10)8-5-3-4-6-8;/h5-20,31H,3-4H2,1-2H3;3-6H,7H2,1-2H3;/q;;+2/t33-;;/m0../s1. The van der Waals surface area contributed by atoms with Gasteiger partial charge in [-0.1, -0.05) is 68.4 Å². The third kappa shape index (κ3) is 7.74. The van der Waals surface area contributed by atoms with E-state index in [1.807, 2.05) is 56.0 Å². The van der Waals surface area contributed by atoms with Gasteiger partial charge in [0.05, 0.1) is 17.1 Å².